The molecule has 0 aliphatic carbocycles. The molecular weight excluding hydrogens is 384 g/mol. The Balaban J connectivity index is 1.88. The number of carbonyl (C=O) groups is 2. The summed E-state index contributed by atoms with van der Waals surface area (Å²) in [5.41, 5.74) is 1.38. The van der Waals surface area contributed by atoms with Gasteiger partial charge in [0, 0.05) is 0 Å². The van der Waals surface area contributed by atoms with Crippen LogP contribution in [0.1, 0.15) is 28.4 Å². The molecule has 0 aliphatic rings. The molecule has 0 spiro atoms. The van der Waals surface area contributed by atoms with Gasteiger partial charge in [-0.1, -0.05) is 12.1 Å². The van der Waals surface area contributed by atoms with Crippen molar-refractivity contribution in [1.29, 1.82) is 5.26 Å². The zero-order chi connectivity index (χ0) is 20.6. The molecule has 0 amide bonds. The van der Waals surface area contributed by atoms with E-state index in [1.807, 2.05) is 6.07 Å². The maximum atomic E-state index is 12.2. The van der Waals surface area contributed by atoms with E-state index in [2.05, 4.69) is 4.72 Å². The van der Waals surface area contributed by atoms with Gasteiger partial charge in [-0.15, -0.1) is 0 Å². The number of carbonyl (C=O) groups excluding carboxylic acids is 2. The third kappa shape index (κ3) is 5.90. The molecule has 0 atom stereocenters. The first-order chi connectivity index (χ1) is 13.4. The van der Waals surface area contributed by atoms with Gasteiger partial charge in [0.25, 0.3) is 0 Å². The summed E-state index contributed by atoms with van der Waals surface area (Å²) in [5.74, 6) is -1.30. The molecule has 0 unspecified atom stereocenters. The number of ether oxygens (including phenoxy) is 2. The number of benzene rings is 2. The minimum absolute atomic E-state index is 0.0412. The van der Waals surface area contributed by atoms with E-state index in [4.69, 9.17) is 14.7 Å². The molecule has 28 heavy (non-hydrogen) atoms. The standard InChI is InChI=1S/C19H18N2O6S/c1-2-26-19(23)16-7-9-17(10-8-16)28(24,25)21-12-18(22)27-13-15-5-3-14(11-20)4-6-15/h3-10,21H,2,12-13H2,1H3. The lowest BCUT2D eigenvalue weighted by Gasteiger charge is -2.08. The average Bonchev–Trinajstić information content (AvgIpc) is 2.71. The second-order valence-corrected chi connectivity index (χ2v) is 7.31. The van der Waals surface area contributed by atoms with Crippen LogP contribution in [-0.4, -0.2) is 33.5 Å². The van der Waals surface area contributed by atoms with Crippen LogP contribution in [0.15, 0.2) is 53.4 Å². The van der Waals surface area contributed by atoms with Gasteiger partial charge >= 0.3 is 11.9 Å². The topological polar surface area (TPSA) is 123 Å². The van der Waals surface area contributed by atoms with Gasteiger partial charge in [0.15, 0.2) is 0 Å². The Hall–Kier alpha value is -3.22. The molecule has 2 aromatic carbocycles. The minimum Gasteiger partial charge on any atom is -0.462 e. The Bertz CT molecular complexity index is 977. The van der Waals surface area contributed by atoms with Crippen LogP contribution in [0.25, 0.3) is 0 Å². The molecule has 0 bridgehead atoms. The van der Waals surface area contributed by atoms with Gasteiger partial charge in [0.1, 0.15) is 13.2 Å². The molecular formula is C19H18N2O6S. The van der Waals surface area contributed by atoms with Crippen LogP contribution in [0.2, 0.25) is 0 Å². The Morgan fingerprint density at radius 1 is 1.04 bits per heavy atom. The highest BCUT2D eigenvalue weighted by Gasteiger charge is 2.17. The van der Waals surface area contributed by atoms with E-state index in [1.54, 1.807) is 31.2 Å². The summed E-state index contributed by atoms with van der Waals surface area (Å²) in [6.07, 6.45) is 0. The van der Waals surface area contributed by atoms with Crippen LogP contribution >= 0.6 is 0 Å². The van der Waals surface area contributed by atoms with Gasteiger partial charge < -0.3 is 9.47 Å². The summed E-state index contributed by atoms with van der Waals surface area (Å²) in [6.45, 7) is 1.30. The van der Waals surface area contributed by atoms with Crippen LogP contribution in [0.4, 0.5) is 0 Å². The van der Waals surface area contributed by atoms with Gasteiger partial charge in [-0.25, -0.2) is 13.2 Å². The number of rotatable bonds is 8. The molecule has 0 aromatic heterocycles. The molecule has 2 aromatic rings. The van der Waals surface area contributed by atoms with Gasteiger partial charge in [-0.05, 0) is 48.9 Å². The minimum atomic E-state index is -3.94. The van der Waals surface area contributed by atoms with E-state index in [-0.39, 0.29) is 23.7 Å². The summed E-state index contributed by atoms with van der Waals surface area (Å²) >= 11 is 0. The number of nitriles is 1. The lowest BCUT2D eigenvalue weighted by molar-refractivity contribution is -0.143. The quantitative estimate of drug-likeness (QED) is 0.667. The van der Waals surface area contributed by atoms with Crippen molar-refractivity contribution in [2.75, 3.05) is 13.2 Å². The molecule has 9 heteroatoms. The second kappa shape index (κ2) is 9.64. The molecule has 0 heterocycles. The van der Waals surface area contributed by atoms with Crippen LogP contribution < -0.4 is 4.72 Å². The molecule has 0 saturated carbocycles. The molecule has 0 radical (unpaired) electrons. The zero-order valence-corrected chi connectivity index (χ0v) is 15.9. The fraction of sp³-hybridized carbons (Fsp3) is 0.211. The van der Waals surface area contributed by atoms with E-state index in [1.165, 1.54) is 24.3 Å². The van der Waals surface area contributed by atoms with E-state index in [0.717, 1.165) is 0 Å². The van der Waals surface area contributed by atoms with Crippen molar-refractivity contribution in [3.8, 4) is 6.07 Å². The zero-order valence-electron chi connectivity index (χ0n) is 15.0. The van der Waals surface area contributed by atoms with Crippen LogP contribution in [0.3, 0.4) is 0 Å². The first-order valence-corrected chi connectivity index (χ1v) is 9.75. The Morgan fingerprint density at radius 3 is 2.25 bits per heavy atom. The molecule has 2 rings (SSSR count). The van der Waals surface area contributed by atoms with Gasteiger partial charge in [0.05, 0.1) is 28.7 Å². The fourth-order valence-corrected chi connectivity index (χ4v) is 3.08. The molecule has 0 fully saturated rings. The first-order valence-electron chi connectivity index (χ1n) is 8.27. The highest BCUT2D eigenvalue weighted by molar-refractivity contribution is 7.89. The normalized spacial score (nSPS) is 10.7. The molecule has 1 N–H and O–H groups in total. The number of esters is 2. The predicted molar refractivity (Wildman–Crippen MR) is 98.5 cm³/mol. The van der Waals surface area contributed by atoms with Crippen molar-refractivity contribution in [3.05, 3.63) is 65.2 Å². The lowest BCUT2D eigenvalue weighted by atomic mass is 10.2. The summed E-state index contributed by atoms with van der Waals surface area (Å²) in [7, 11) is -3.94. The van der Waals surface area contributed by atoms with E-state index in [9.17, 15) is 18.0 Å². The fourth-order valence-electron chi connectivity index (χ4n) is 2.11. The Morgan fingerprint density at radius 2 is 1.68 bits per heavy atom. The highest BCUT2D eigenvalue weighted by atomic mass is 32.2. The van der Waals surface area contributed by atoms with Crippen LogP contribution in [0, 0.1) is 11.3 Å². The molecule has 0 aliphatic heterocycles. The van der Waals surface area contributed by atoms with Crippen molar-refractivity contribution < 1.29 is 27.5 Å². The molecule has 8 nitrogen and oxygen atoms in total. The number of hydrogen-bond donors (Lipinski definition) is 1. The number of nitrogens with one attached hydrogen (secondary N) is 1. The lowest BCUT2D eigenvalue weighted by Crippen LogP contribution is -2.30. The number of sulfonamides is 1. The third-order valence-electron chi connectivity index (χ3n) is 3.57. The van der Waals surface area contributed by atoms with Crippen LogP contribution in [-0.2, 0) is 30.9 Å². The van der Waals surface area contributed by atoms with Crippen molar-refractivity contribution in [1.82, 2.24) is 4.72 Å². The largest absolute Gasteiger partial charge is 0.462 e. The molecule has 146 valence electrons. The van der Waals surface area contributed by atoms with Gasteiger partial charge in [-0.2, -0.15) is 9.98 Å². The Labute approximate surface area is 162 Å². The SMILES string of the molecule is CCOC(=O)c1ccc(S(=O)(=O)NCC(=O)OCc2ccc(C#N)cc2)cc1. The van der Waals surface area contributed by atoms with Crippen molar-refractivity contribution >= 4 is 22.0 Å². The number of nitrogens with zero attached hydrogens (tertiary/aromatic N) is 1. The summed E-state index contributed by atoms with van der Waals surface area (Å²) in [5, 5.41) is 8.73. The maximum Gasteiger partial charge on any atom is 0.338 e. The monoisotopic (exact) mass is 402 g/mol. The predicted octanol–water partition coefficient (Wildman–Crippen LogP) is 1.76. The summed E-state index contributed by atoms with van der Waals surface area (Å²) < 4.78 is 36.4. The van der Waals surface area contributed by atoms with E-state index in [0.29, 0.717) is 11.1 Å². The third-order valence-corrected chi connectivity index (χ3v) is 4.98. The second-order valence-electron chi connectivity index (χ2n) is 5.54. The molecule has 0 saturated heterocycles. The van der Waals surface area contributed by atoms with Crippen molar-refractivity contribution in [3.63, 3.8) is 0 Å². The number of hydrogen-bond acceptors (Lipinski definition) is 7. The van der Waals surface area contributed by atoms with Crippen LogP contribution in [0.5, 0.6) is 0 Å². The van der Waals surface area contributed by atoms with E-state index < -0.39 is 28.5 Å². The van der Waals surface area contributed by atoms with E-state index >= 15 is 0 Å². The average molecular weight is 402 g/mol. The first kappa shape index (κ1) is 21.1. The summed E-state index contributed by atoms with van der Waals surface area (Å²) in [4.78, 5) is 23.3. The smallest absolute Gasteiger partial charge is 0.338 e. The Kier molecular flexibility index (Phi) is 7.26. The summed E-state index contributed by atoms with van der Waals surface area (Å²) in [6, 6.07) is 13.6. The van der Waals surface area contributed by atoms with Crippen molar-refractivity contribution in [2.45, 2.75) is 18.4 Å². The van der Waals surface area contributed by atoms with Crippen molar-refractivity contribution in [2.24, 2.45) is 0 Å². The highest BCUT2D eigenvalue weighted by Crippen LogP contribution is 2.11. The maximum absolute atomic E-state index is 12.2. The van der Waals surface area contributed by atoms with Gasteiger partial charge in [-0.3, -0.25) is 4.79 Å². The van der Waals surface area contributed by atoms with Gasteiger partial charge in [0.2, 0.25) is 10.0 Å².